The topological polar surface area (TPSA) is 89.4 Å². The summed E-state index contributed by atoms with van der Waals surface area (Å²) in [6.07, 6.45) is 4.39. The summed E-state index contributed by atoms with van der Waals surface area (Å²) in [6.45, 7) is 6.01. The minimum absolute atomic E-state index is 0.0795. The van der Waals surface area contributed by atoms with E-state index < -0.39 is 5.91 Å². The van der Waals surface area contributed by atoms with Crippen molar-refractivity contribution in [2.75, 3.05) is 11.9 Å². The molecule has 1 amide bonds. The van der Waals surface area contributed by atoms with E-state index in [1.165, 1.54) is 0 Å². The number of carbonyl (C=O) groups is 1. The Bertz CT molecular complexity index is 1110. The van der Waals surface area contributed by atoms with Gasteiger partial charge in [0.1, 0.15) is 40.6 Å². The van der Waals surface area contributed by atoms with E-state index in [0.717, 1.165) is 17.7 Å². The number of nitrogens with one attached hydrogen (secondary N) is 1. The third kappa shape index (κ3) is 3.34. The average Bonchev–Trinajstić information content (AvgIpc) is 3.39. The van der Waals surface area contributed by atoms with E-state index in [-0.39, 0.29) is 17.2 Å². The van der Waals surface area contributed by atoms with Gasteiger partial charge in [-0.25, -0.2) is 0 Å². The van der Waals surface area contributed by atoms with Crippen molar-refractivity contribution in [1.82, 2.24) is 4.57 Å². The minimum atomic E-state index is -0.437. The molecule has 4 rings (SSSR count). The first-order valence-corrected chi connectivity index (χ1v) is 9.46. The van der Waals surface area contributed by atoms with Crippen LogP contribution in [0.5, 0.6) is 11.5 Å². The standard InChI is InChI=1S/C22H21N3O4/c1-4-27-19-10-15-9-13(2)28-18(15)11-17(19)24-21(26)20-14(3)29-22(16(20)12-23)25-7-5-6-8-25/h5-8,10-11,13H,4,9H2,1-3H3,(H,24,26)/t13-/m0/s1. The molecule has 3 heterocycles. The Hall–Kier alpha value is -3.66. The highest BCUT2D eigenvalue weighted by Crippen LogP contribution is 2.38. The number of ether oxygens (including phenoxy) is 2. The lowest BCUT2D eigenvalue weighted by Gasteiger charge is -2.13. The highest BCUT2D eigenvalue weighted by molar-refractivity contribution is 6.08. The summed E-state index contributed by atoms with van der Waals surface area (Å²) in [7, 11) is 0. The second-order valence-corrected chi connectivity index (χ2v) is 6.89. The fraction of sp³-hybridized carbons (Fsp3) is 0.273. The molecule has 1 atom stereocenters. The maximum atomic E-state index is 13.1. The number of anilines is 1. The van der Waals surface area contributed by atoms with Crippen LogP contribution >= 0.6 is 0 Å². The smallest absolute Gasteiger partial charge is 0.260 e. The zero-order valence-corrected chi connectivity index (χ0v) is 16.5. The molecule has 7 heteroatoms. The van der Waals surface area contributed by atoms with Crippen molar-refractivity contribution in [3.05, 3.63) is 59.1 Å². The van der Waals surface area contributed by atoms with Gasteiger partial charge in [-0.05, 0) is 39.0 Å². The molecule has 1 aromatic carbocycles. The maximum absolute atomic E-state index is 13.1. The van der Waals surface area contributed by atoms with E-state index >= 15 is 0 Å². The van der Waals surface area contributed by atoms with Gasteiger partial charge in [0.15, 0.2) is 0 Å². The van der Waals surface area contributed by atoms with Crippen molar-refractivity contribution in [1.29, 1.82) is 5.26 Å². The molecule has 7 nitrogen and oxygen atoms in total. The van der Waals surface area contributed by atoms with Crippen LogP contribution in [0.15, 0.2) is 41.1 Å². The van der Waals surface area contributed by atoms with Crippen LogP contribution in [-0.2, 0) is 6.42 Å². The molecule has 0 saturated heterocycles. The highest BCUT2D eigenvalue weighted by atomic mass is 16.5. The van der Waals surface area contributed by atoms with Gasteiger partial charge in [-0.2, -0.15) is 5.26 Å². The minimum Gasteiger partial charge on any atom is -0.492 e. The SMILES string of the molecule is CCOc1cc2c(cc1NC(=O)c1c(C)oc(-n3cccc3)c1C#N)O[C@@H](C)C2. The summed E-state index contributed by atoms with van der Waals surface area (Å²) < 4.78 is 18.9. The lowest BCUT2D eigenvalue weighted by Crippen LogP contribution is -2.15. The summed E-state index contributed by atoms with van der Waals surface area (Å²) in [4.78, 5) is 13.1. The van der Waals surface area contributed by atoms with Gasteiger partial charge in [0.25, 0.3) is 5.91 Å². The van der Waals surface area contributed by atoms with E-state index in [9.17, 15) is 10.1 Å². The molecule has 0 unspecified atom stereocenters. The van der Waals surface area contributed by atoms with Crippen LogP contribution in [0.25, 0.3) is 5.88 Å². The Morgan fingerprint density at radius 3 is 2.83 bits per heavy atom. The van der Waals surface area contributed by atoms with Crippen LogP contribution in [0.3, 0.4) is 0 Å². The second kappa shape index (κ2) is 7.40. The molecule has 0 bridgehead atoms. The lowest BCUT2D eigenvalue weighted by atomic mass is 10.1. The molecule has 0 spiro atoms. The van der Waals surface area contributed by atoms with E-state index in [1.54, 1.807) is 30.0 Å². The number of hydrogen-bond acceptors (Lipinski definition) is 5. The molecule has 3 aromatic rings. The van der Waals surface area contributed by atoms with E-state index in [1.807, 2.05) is 32.0 Å². The molecule has 0 fully saturated rings. The van der Waals surface area contributed by atoms with Crippen LogP contribution in [0.4, 0.5) is 5.69 Å². The van der Waals surface area contributed by atoms with Crippen molar-refractivity contribution >= 4 is 11.6 Å². The summed E-state index contributed by atoms with van der Waals surface area (Å²) in [6, 6.07) is 9.41. The van der Waals surface area contributed by atoms with Gasteiger partial charge >= 0.3 is 0 Å². The molecular formula is C22H21N3O4. The molecule has 2 aromatic heterocycles. The number of fused-ring (bicyclic) bond motifs is 1. The van der Waals surface area contributed by atoms with E-state index in [2.05, 4.69) is 11.4 Å². The number of aromatic nitrogens is 1. The Morgan fingerprint density at radius 1 is 1.38 bits per heavy atom. The number of benzene rings is 1. The fourth-order valence-electron chi connectivity index (χ4n) is 3.56. The first kappa shape index (κ1) is 18.7. The first-order valence-electron chi connectivity index (χ1n) is 9.46. The molecule has 1 aliphatic rings. The zero-order valence-electron chi connectivity index (χ0n) is 16.5. The Morgan fingerprint density at radius 2 is 2.14 bits per heavy atom. The third-order valence-electron chi connectivity index (χ3n) is 4.79. The van der Waals surface area contributed by atoms with Crippen LogP contribution in [0.1, 0.15) is 41.1 Å². The lowest BCUT2D eigenvalue weighted by molar-refractivity contribution is 0.102. The van der Waals surface area contributed by atoms with Crippen molar-refractivity contribution in [2.24, 2.45) is 0 Å². The quantitative estimate of drug-likeness (QED) is 0.703. The Labute approximate surface area is 168 Å². The number of amides is 1. The van der Waals surface area contributed by atoms with Gasteiger partial charge in [0, 0.05) is 30.4 Å². The molecule has 1 N–H and O–H groups in total. The number of aryl methyl sites for hydroxylation is 1. The second-order valence-electron chi connectivity index (χ2n) is 6.89. The maximum Gasteiger partial charge on any atom is 0.260 e. The number of nitrogens with zero attached hydrogens (tertiary/aromatic N) is 2. The van der Waals surface area contributed by atoms with Crippen LogP contribution < -0.4 is 14.8 Å². The number of hydrogen-bond donors (Lipinski definition) is 1. The van der Waals surface area contributed by atoms with Crippen molar-refractivity contribution in [3.8, 4) is 23.5 Å². The molecule has 148 valence electrons. The summed E-state index contributed by atoms with van der Waals surface area (Å²) in [5.74, 6) is 1.55. The van der Waals surface area contributed by atoms with Gasteiger partial charge in [-0.3, -0.25) is 9.36 Å². The average molecular weight is 391 g/mol. The van der Waals surface area contributed by atoms with Gasteiger partial charge < -0.3 is 19.2 Å². The molecule has 0 radical (unpaired) electrons. The molecule has 0 saturated carbocycles. The predicted molar refractivity (Wildman–Crippen MR) is 107 cm³/mol. The molecule has 29 heavy (non-hydrogen) atoms. The van der Waals surface area contributed by atoms with Crippen molar-refractivity contribution in [3.63, 3.8) is 0 Å². The largest absolute Gasteiger partial charge is 0.492 e. The monoisotopic (exact) mass is 391 g/mol. The van der Waals surface area contributed by atoms with Crippen LogP contribution in [0, 0.1) is 18.3 Å². The summed E-state index contributed by atoms with van der Waals surface area (Å²) in [5, 5.41) is 12.5. The van der Waals surface area contributed by atoms with Crippen molar-refractivity contribution < 1.29 is 18.7 Å². The third-order valence-corrected chi connectivity index (χ3v) is 4.79. The fourth-order valence-corrected chi connectivity index (χ4v) is 3.56. The number of furan rings is 1. The highest BCUT2D eigenvalue weighted by Gasteiger charge is 2.27. The number of carbonyl (C=O) groups excluding carboxylic acids is 1. The van der Waals surface area contributed by atoms with Gasteiger partial charge in [-0.15, -0.1) is 0 Å². The van der Waals surface area contributed by atoms with Crippen molar-refractivity contribution in [2.45, 2.75) is 33.3 Å². The van der Waals surface area contributed by atoms with Gasteiger partial charge in [0.05, 0.1) is 12.3 Å². The summed E-state index contributed by atoms with van der Waals surface area (Å²) in [5.41, 5.74) is 1.93. The number of nitriles is 1. The Kier molecular flexibility index (Phi) is 4.77. The van der Waals surface area contributed by atoms with Gasteiger partial charge in [0.2, 0.25) is 5.88 Å². The van der Waals surface area contributed by atoms with Crippen LogP contribution in [0.2, 0.25) is 0 Å². The van der Waals surface area contributed by atoms with Crippen LogP contribution in [-0.4, -0.2) is 23.2 Å². The molecular weight excluding hydrogens is 370 g/mol. The molecule has 1 aliphatic heterocycles. The van der Waals surface area contributed by atoms with Gasteiger partial charge in [-0.1, -0.05) is 0 Å². The van der Waals surface area contributed by atoms with E-state index in [4.69, 9.17) is 13.9 Å². The summed E-state index contributed by atoms with van der Waals surface area (Å²) >= 11 is 0. The zero-order chi connectivity index (χ0) is 20.5. The Balaban J connectivity index is 1.71. The predicted octanol–water partition coefficient (Wildman–Crippen LogP) is 4.22. The normalized spacial score (nSPS) is 14.8. The van der Waals surface area contributed by atoms with E-state index in [0.29, 0.717) is 29.7 Å². The first-order chi connectivity index (χ1) is 14.0. The molecule has 0 aliphatic carbocycles. The number of rotatable bonds is 5.